The van der Waals surface area contributed by atoms with E-state index in [4.69, 9.17) is 4.74 Å². The maximum Gasteiger partial charge on any atom is 0.131 e. The van der Waals surface area contributed by atoms with Crippen LogP contribution in [0.25, 0.3) is 0 Å². The Balaban J connectivity index is 2.16. The Labute approximate surface area is 112 Å². The number of ether oxygens (including phenoxy) is 1. The summed E-state index contributed by atoms with van der Waals surface area (Å²) in [6.45, 7) is 2.14. The second-order valence-electron chi connectivity index (χ2n) is 3.63. The van der Waals surface area contributed by atoms with Crippen molar-refractivity contribution in [3.05, 3.63) is 44.8 Å². The molecule has 3 nitrogen and oxygen atoms in total. The summed E-state index contributed by atoms with van der Waals surface area (Å²) in [6, 6.07) is 5.59. The van der Waals surface area contributed by atoms with Crippen LogP contribution in [0.15, 0.2) is 33.6 Å². The molecular weight excluding hydrogens is 302 g/mol. The third kappa shape index (κ3) is 3.28. The van der Waals surface area contributed by atoms with E-state index in [9.17, 15) is 5.11 Å². The number of hydrogen-bond acceptors (Lipinski definition) is 4. The van der Waals surface area contributed by atoms with Crippen molar-refractivity contribution in [2.45, 2.75) is 19.6 Å². The molecule has 0 unspecified atom stereocenters. The molecule has 90 valence electrons. The second kappa shape index (κ2) is 5.62. The first-order chi connectivity index (χ1) is 8.16. The summed E-state index contributed by atoms with van der Waals surface area (Å²) in [5, 5.41) is 11.6. The smallest absolute Gasteiger partial charge is 0.131 e. The van der Waals surface area contributed by atoms with Gasteiger partial charge >= 0.3 is 0 Å². The van der Waals surface area contributed by atoms with Gasteiger partial charge in [-0.1, -0.05) is 22.0 Å². The highest BCUT2D eigenvalue weighted by Crippen LogP contribution is 2.29. The Morgan fingerprint density at radius 3 is 3.00 bits per heavy atom. The van der Waals surface area contributed by atoms with Crippen LogP contribution in [0, 0.1) is 0 Å². The normalized spacial score (nSPS) is 12.4. The van der Waals surface area contributed by atoms with Gasteiger partial charge in [-0.05, 0) is 19.1 Å². The van der Waals surface area contributed by atoms with E-state index in [0.717, 1.165) is 15.7 Å². The topological polar surface area (TPSA) is 42.4 Å². The standard InChI is InChI=1S/C12H12BrNO2S/c1-8(15)11-3-2-9(13)4-12(11)16-5-10-6-17-7-14-10/h2-4,6-8,15H,5H2,1H3/t8-/m1/s1. The Bertz CT molecular complexity index is 485. The molecule has 0 saturated heterocycles. The van der Waals surface area contributed by atoms with Crippen molar-refractivity contribution in [1.82, 2.24) is 4.98 Å². The largest absolute Gasteiger partial charge is 0.487 e. The molecule has 2 rings (SSSR count). The zero-order chi connectivity index (χ0) is 12.3. The van der Waals surface area contributed by atoms with Crippen molar-refractivity contribution >= 4 is 27.3 Å². The van der Waals surface area contributed by atoms with Crippen LogP contribution in [0.1, 0.15) is 24.3 Å². The van der Waals surface area contributed by atoms with Gasteiger partial charge in [-0.3, -0.25) is 0 Å². The quantitative estimate of drug-likeness (QED) is 0.938. The highest BCUT2D eigenvalue weighted by Gasteiger charge is 2.10. The van der Waals surface area contributed by atoms with Crippen LogP contribution in [0.3, 0.4) is 0 Å². The number of nitrogens with zero attached hydrogens (tertiary/aromatic N) is 1. The lowest BCUT2D eigenvalue weighted by Gasteiger charge is -2.13. The lowest BCUT2D eigenvalue weighted by atomic mass is 10.1. The molecule has 1 N–H and O–H groups in total. The Morgan fingerprint density at radius 1 is 1.53 bits per heavy atom. The summed E-state index contributed by atoms with van der Waals surface area (Å²) in [7, 11) is 0. The number of aliphatic hydroxyl groups is 1. The second-order valence-corrected chi connectivity index (χ2v) is 5.26. The van der Waals surface area contributed by atoms with Gasteiger partial charge in [-0.2, -0.15) is 0 Å². The molecule has 0 amide bonds. The van der Waals surface area contributed by atoms with E-state index in [1.807, 2.05) is 23.6 Å². The van der Waals surface area contributed by atoms with E-state index in [1.54, 1.807) is 12.4 Å². The van der Waals surface area contributed by atoms with E-state index >= 15 is 0 Å². The molecule has 5 heteroatoms. The van der Waals surface area contributed by atoms with E-state index in [0.29, 0.717) is 12.4 Å². The SMILES string of the molecule is C[C@@H](O)c1ccc(Br)cc1OCc1cscn1. The molecule has 0 aliphatic rings. The fourth-order valence-corrected chi connectivity index (χ4v) is 2.32. The molecule has 0 aliphatic carbocycles. The van der Waals surface area contributed by atoms with Gasteiger partial charge in [0.1, 0.15) is 12.4 Å². The number of aromatic nitrogens is 1. The minimum atomic E-state index is -0.548. The van der Waals surface area contributed by atoms with Gasteiger partial charge in [-0.25, -0.2) is 4.98 Å². The molecule has 0 radical (unpaired) electrons. The van der Waals surface area contributed by atoms with E-state index < -0.39 is 6.10 Å². The van der Waals surface area contributed by atoms with Gasteiger partial charge in [0.05, 0.1) is 17.3 Å². The monoisotopic (exact) mass is 313 g/mol. The number of rotatable bonds is 4. The van der Waals surface area contributed by atoms with Crippen molar-refractivity contribution in [3.63, 3.8) is 0 Å². The van der Waals surface area contributed by atoms with Crippen molar-refractivity contribution in [2.24, 2.45) is 0 Å². The maximum atomic E-state index is 9.64. The summed E-state index contributed by atoms with van der Waals surface area (Å²) in [5.74, 6) is 0.683. The molecule has 1 atom stereocenters. The molecule has 0 saturated carbocycles. The zero-order valence-corrected chi connectivity index (χ0v) is 11.7. The van der Waals surface area contributed by atoms with Crippen molar-refractivity contribution in [1.29, 1.82) is 0 Å². The van der Waals surface area contributed by atoms with E-state index in [1.165, 1.54) is 11.3 Å². The average molecular weight is 314 g/mol. The molecule has 1 aromatic heterocycles. The third-order valence-corrected chi connectivity index (χ3v) is 3.41. The van der Waals surface area contributed by atoms with Crippen LogP contribution in [-0.2, 0) is 6.61 Å². The van der Waals surface area contributed by atoms with E-state index in [-0.39, 0.29) is 0 Å². The summed E-state index contributed by atoms with van der Waals surface area (Å²) in [5.41, 5.74) is 3.45. The lowest BCUT2D eigenvalue weighted by Crippen LogP contribution is -2.01. The fourth-order valence-electron chi connectivity index (χ4n) is 1.44. The van der Waals surface area contributed by atoms with Crippen molar-refractivity contribution in [2.75, 3.05) is 0 Å². The molecule has 0 fully saturated rings. The molecule has 1 aromatic carbocycles. The molecule has 0 aliphatic heterocycles. The minimum Gasteiger partial charge on any atom is -0.487 e. The van der Waals surface area contributed by atoms with Gasteiger partial charge in [0.15, 0.2) is 0 Å². The van der Waals surface area contributed by atoms with E-state index in [2.05, 4.69) is 20.9 Å². The Morgan fingerprint density at radius 2 is 2.35 bits per heavy atom. The first-order valence-corrected chi connectivity index (χ1v) is 6.88. The number of hydrogen-bond donors (Lipinski definition) is 1. The van der Waals surface area contributed by atoms with Crippen LogP contribution in [0.2, 0.25) is 0 Å². The number of benzene rings is 1. The van der Waals surface area contributed by atoms with Crippen LogP contribution < -0.4 is 4.74 Å². The van der Waals surface area contributed by atoms with Gasteiger partial charge in [0.25, 0.3) is 0 Å². The first kappa shape index (κ1) is 12.5. The zero-order valence-electron chi connectivity index (χ0n) is 9.26. The minimum absolute atomic E-state index is 0.416. The van der Waals surface area contributed by atoms with Crippen molar-refractivity contribution < 1.29 is 9.84 Å². The number of halogens is 1. The number of aliphatic hydroxyl groups excluding tert-OH is 1. The molecule has 17 heavy (non-hydrogen) atoms. The average Bonchev–Trinajstić information content (AvgIpc) is 2.78. The summed E-state index contributed by atoms with van der Waals surface area (Å²) < 4.78 is 6.60. The molecule has 0 bridgehead atoms. The highest BCUT2D eigenvalue weighted by atomic mass is 79.9. The molecule has 0 spiro atoms. The van der Waals surface area contributed by atoms with Gasteiger partial charge < -0.3 is 9.84 Å². The van der Waals surface area contributed by atoms with Crippen LogP contribution in [0.5, 0.6) is 5.75 Å². The summed E-state index contributed by atoms with van der Waals surface area (Å²) >= 11 is 4.93. The summed E-state index contributed by atoms with van der Waals surface area (Å²) in [6.07, 6.45) is -0.548. The van der Waals surface area contributed by atoms with Crippen LogP contribution in [0.4, 0.5) is 0 Å². The molecule has 1 heterocycles. The van der Waals surface area contributed by atoms with Crippen LogP contribution in [-0.4, -0.2) is 10.1 Å². The Hall–Kier alpha value is -0.910. The third-order valence-electron chi connectivity index (χ3n) is 2.28. The van der Waals surface area contributed by atoms with Crippen molar-refractivity contribution in [3.8, 4) is 5.75 Å². The lowest BCUT2D eigenvalue weighted by molar-refractivity contribution is 0.190. The van der Waals surface area contributed by atoms with Gasteiger partial charge in [0, 0.05) is 15.4 Å². The number of thiazole rings is 1. The fraction of sp³-hybridized carbons (Fsp3) is 0.250. The Kier molecular flexibility index (Phi) is 4.15. The van der Waals surface area contributed by atoms with Crippen LogP contribution >= 0.6 is 27.3 Å². The first-order valence-electron chi connectivity index (χ1n) is 5.14. The summed E-state index contributed by atoms with van der Waals surface area (Å²) in [4.78, 5) is 4.15. The van der Waals surface area contributed by atoms with Gasteiger partial charge in [-0.15, -0.1) is 11.3 Å². The molecular formula is C12H12BrNO2S. The predicted molar refractivity (Wildman–Crippen MR) is 71.2 cm³/mol. The highest BCUT2D eigenvalue weighted by molar-refractivity contribution is 9.10. The maximum absolute atomic E-state index is 9.64. The molecule has 2 aromatic rings. The predicted octanol–water partition coefficient (Wildman–Crippen LogP) is 3.54. The van der Waals surface area contributed by atoms with Gasteiger partial charge in [0.2, 0.25) is 0 Å².